The van der Waals surface area contributed by atoms with Gasteiger partial charge in [-0.25, -0.2) is 0 Å². The van der Waals surface area contributed by atoms with Gasteiger partial charge in [0, 0.05) is 0 Å². The van der Waals surface area contributed by atoms with Crippen LogP contribution in [0.1, 0.15) is 0 Å². The largest absolute Gasteiger partial charge is 0.394 e. The van der Waals surface area contributed by atoms with Gasteiger partial charge in [0.25, 0.3) is 0 Å². The molecule has 11 nitrogen and oxygen atoms in total. The first-order valence-corrected chi connectivity index (χ1v) is 7.00. The quantitative estimate of drug-likeness (QED) is 0.203. The van der Waals surface area contributed by atoms with Gasteiger partial charge in [-0.15, -0.1) is 0 Å². The monoisotopic (exact) mass is 344 g/mol. The molecule has 0 spiro atoms. The highest BCUT2D eigenvalue weighted by Crippen LogP contribution is 2.24. The first-order valence-electron chi connectivity index (χ1n) is 7.00. The molecule has 1 aliphatic rings. The maximum absolute atomic E-state index is 9.83. The van der Waals surface area contributed by atoms with Crippen molar-refractivity contribution in [2.75, 3.05) is 19.8 Å². The molecule has 0 radical (unpaired) electrons. The van der Waals surface area contributed by atoms with Gasteiger partial charge in [-0.3, -0.25) is 0 Å². The molecule has 9 N–H and O–H groups in total. The zero-order valence-electron chi connectivity index (χ0n) is 12.2. The van der Waals surface area contributed by atoms with Gasteiger partial charge in [0.05, 0.1) is 19.8 Å². The molecule has 0 aliphatic carbocycles. The summed E-state index contributed by atoms with van der Waals surface area (Å²) < 4.78 is 10.1. The Balaban J connectivity index is 2.89. The molecule has 0 amide bonds. The van der Waals surface area contributed by atoms with Crippen LogP contribution < -0.4 is 0 Å². The van der Waals surface area contributed by atoms with Crippen molar-refractivity contribution in [2.24, 2.45) is 0 Å². The molecule has 0 aromatic heterocycles. The van der Waals surface area contributed by atoms with Crippen LogP contribution in [0.3, 0.4) is 0 Å². The number of ether oxygens (including phenoxy) is 2. The highest BCUT2D eigenvalue weighted by atomic mass is 16.7. The van der Waals surface area contributed by atoms with Crippen LogP contribution in [0.5, 0.6) is 0 Å². The van der Waals surface area contributed by atoms with Crippen molar-refractivity contribution in [1.82, 2.24) is 0 Å². The van der Waals surface area contributed by atoms with Crippen molar-refractivity contribution in [2.45, 2.75) is 55.1 Å². The van der Waals surface area contributed by atoms with E-state index >= 15 is 0 Å². The van der Waals surface area contributed by atoms with Crippen LogP contribution in [0.4, 0.5) is 0 Å². The summed E-state index contributed by atoms with van der Waals surface area (Å²) in [4.78, 5) is 0. The van der Waals surface area contributed by atoms with E-state index in [0.717, 1.165) is 0 Å². The highest BCUT2D eigenvalue weighted by molar-refractivity contribution is 4.91. The number of aliphatic hydroxyl groups excluding tert-OH is 9. The fraction of sp³-hybridized carbons (Fsp3) is 1.00. The molecule has 1 saturated heterocycles. The van der Waals surface area contributed by atoms with Gasteiger partial charge >= 0.3 is 0 Å². The predicted molar refractivity (Wildman–Crippen MR) is 70.8 cm³/mol. The van der Waals surface area contributed by atoms with Gasteiger partial charge in [-0.1, -0.05) is 0 Å². The summed E-state index contributed by atoms with van der Waals surface area (Å²) >= 11 is 0. The summed E-state index contributed by atoms with van der Waals surface area (Å²) in [7, 11) is 0. The Labute approximate surface area is 131 Å². The van der Waals surface area contributed by atoms with E-state index in [0.29, 0.717) is 0 Å². The van der Waals surface area contributed by atoms with Crippen LogP contribution in [0.15, 0.2) is 0 Å². The normalized spacial score (nSPS) is 37.2. The first kappa shape index (κ1) is 20.6. The number of aliphatic hydroxyl groups is 9. The van der Waals surface area contributed by atoms with Crippen LogP contribution in [0.2, 0.25) is 0 Å². The topological polar surface area (TPSA) is 201 Å². The molecule has 9 atom stereocenters. The molecule has 1 fully saturated rings. The summed E-state index contributed by atoms with van der Waals surface area (Å²) in [5.41, 5.74) is 0. The fourth-order valence-corrected chi connectivity index (χ4v) is 2.16. The van der Waals surface area contributed by atoms with Crippen LogP contribution in [0, 0.1) is 0 Å². The van der Waals surface area contributed by atoms with Crippen molar-refractivity contribution in [3.63, 3.8) is 0 Å². The average molecular weight is 344 g/mol. The lowest BCUT2D eigenvalue weighted by molar-refractivity contribution is -0.327. The predicted octanol–water partition coefficient (Wildman–Crippen LogP) is -5.76. The van der Waals surface area contributed by atoms with E-state index in [-0.39, 0.29) is 0 Å². The molecule has 1 rings (SSSR count). The van der Waals surface area contributed by atoms with Crippen molar-refractivity contribution >= 4 is 0 Å². The maximum Gasteiger partial charge on any atom is 0.187 e. The number of rotatable bonds is 8. The third-order valence-corrected chi connectivity index (χ3v) is 3.62. The Morgan fingerprint density at radius 3 is 1.87 bits per heavy atom. The van der Waals surface area contributed by atoms with Gasteiger partial charge in [-0.2, -0.15) is 0 Å². The Kier molecular flexibility index (Phi) is 8.20. The lowest BCUT2D eigenvalue weighted by Gasteiger charge is -2.42. The third kappa shape index (κ3) is 4.78. The first-order chi connectivity index (χ1) is 10.8. The van der Waals surface area contributed by atoms with Crippen molar-refractivity contribution in [3.05, 3.63) is 0 Å². The Morgan fingerprint density at radius 2 is 1.39 bits per heavy atom. The summed E-state index contributed by atoms with van der Waals surface area (Å²) in [5.74, 6) is 0. The Hall–Kier alpha value is -0.440. The van der Waals surface area contributed by atoms with E-state index in [2.05, 4.69) is 0 Å². The summed E-state index contributed by atoms with van der Waals surface area (Å²) in [5, 5.41) is 84.9. The Morgan fingerprint density at radius 1 is 0.826 bits per heavy atom. The average Bonchev–Trinajstić information content (AvgIpc) is 2.57. The second-order valence-corrected chi connectivity index (χ2v) is 5.29. The second kappa shape index (κ2) is 9.15. The van der Waals surface area contributed by atoms with E-state index in [4.69, 9.17) is 24.8 Å². The molecule has 138 valence electrons. The van der Waals surface area contributed by atoms with Gasteiger partial charge in [0.2, 0.25) is 0 Å². The third-order valence-electron chi connectivity index (χ3n) is 3.62. The fourth-order valence-electron chi connectivity index (χ4n) is 2.16. The minimum atomic E-state index is -1.85. The maximum atomic E-state index is 9.83. The summed E-state index contributed by atoms with van der Waals surface area (Å²) in [6, 6.07) is 0. The molecule has 0 saturated carbocycles. The van der Waals surface area contributed by atoms with E-state index in [1.807, 2.05) is 0 Å². The molecule has 11 heteroatoms. The molecule has 0 aromatic carbocycles. The lowest BCUT2D eigenvalue weighted by atomic mass is 9.98. The molecular formula is C12H24O11. The van der Waals surface area contributed by atoms with E-state index < -0.39 is 74.9 Å². The molecule has 3 unspecified atom stereocenters. The lowest BCUT2D eigenvalue weighted by Crippen LogP contribution is -2.61. The SMILES string of the molecule is OCC(O)[C@@H](O[C@@H]1O[C@H](CO)[C@H](O)C(O)[C@H]1O)C(O)[C@@H](O)CO. The van der Waals surface area contributed by atoms with Crippen molar-refractivity contribution < 1.29 is 55.4 Å². The highest BCUT2D eigenvalue weighted by Gasteiger charge is 2.46. The molecule has 1 aliphatic heterocycles. The van der Waals surface area contributed by atoms with Crippen LogP contribution >= 0.6 is 0 Å². The summed E-state index contributed by atoms with van der Waals surface area (Å²) in [6.45, 7) is -2.45. The smallest absolute Gasteiger partial charge is 0.187 e. The van der Waals surface area contributed by atoms with Crippen LogP contribution in [0.25, 0.3) is 0 Å². The van der Waals surface area contributed by atoms with E-state index in [1.54, 1.807) is 0 Å². The van der Waals surface area contributed by atoms with Crippen LogP contribution in [-0.2, 0) is 9.47 Å². The zero-order valence-corrected chi connectivity index (χ0v) is 12.2. The number of hydrogen-bond acceptors (Lipinski definition) is 11. The summed E-state index contributed by atoms with van der Waals surface area (Å²) in [6.07, 6.45) is -15.1. The molecule has 23 heavy (non-hydrogen) atoms. The van der Waals surface area contributed by atoms with Gasteiger partial charge in [0.1, 0.15) is 48.8 Å². The molecular weight excluding hydrogens is 320 g/mol. The van der Waals surface area contributed by atoms with E-state index in [9.17, 15) is 30.6 Å². The van der Waals surface area contributed by atoms with Crippen molar-refractivity contribution in [1.29, 1.82) is 0 Å². The molecule has 1 heterocycles. The minimum Gasteiger partial charge on any atom is -0.394 e. The molecule has 0 aromatic rings. The Bertz CT molecular complexity index is 341. The second-order valence-electron chi connectivity index (χ2n) is 5.29. The van der Waals surface area contributed by atoms with Crippen molar-refractivity contribution in [3.8, 4) is 0 Å². The minimum absolute atomic E-state index is 0.708. The van der Waals surface area contributed by atoms with Gasteiger partial charge in [0.15, 0.2) is 6.29 Å². The van der Waals surface area contributed by atoms with E-state index in [1.165, 1.54) is 0 Å². The van der Waals surface area contributed by atoms with Gasteiger partial charge < -0.3 is 55.4 Å². The molecule has 0 bridgehead atoms. The standard InChI is InChI=1S/C12H24O11/c13-1-4(16)7(18)11(5(17)2-14)23-12-10(21)9(20)8(19)6(3-15)22-12/h4-21H,1-3H2/t4-,5?,6+,7?,8-,9?,10+,11+,12-/m0/s1. The zero-order chi connectivity index (χ0) is 17.7. The van der Waals surface area contributed by atoms with Gasteiger partial charge in [-0.05, 0) is 0 Å². The van der Waals surface area contributed by atoms with Crippen LogP contribution in [-0.4, -0.2) is 121 Å². The number of hydrogen-bond donors (Lipinski definition) is 9.